The second-order valence-electron chi connectivity index (χ2n) is 27.4. The SMILES string of the molecule is CCC(C)(c1ccc(-c2ccc3ccc4cc(C(C)(C)C)cc5ccc2c3c45)cc1)c1ccc2c(c1)C(C)(C)c1cc(C(C)(C)c3ccc(-c4ccc(-c5ccc6ccc7c8c6c5CC=C8CC(C(C)(C)C)=C7)cc4)cc3)ccc1-2. The van der Waals surface area contributed by atoms with Crippen molar-refractivity contribution >= 4 is 54.7 Å². The van der Waals surface area contributed by atoms with Crippen molar-refractivity contribution in [3.8, 4) is 44.5 Å². The molecule has 80 heavy (non-hydrogen) atoms. The first-order valence-electron chi connectivity index (χ1n) is 29.5. The number of hydrogen-bond acceptors (Lipinski definition) is 0. The lowest BCUT2D eigenvalue weighted by atomic mass is 9.71. The molecule has 0 aliphatic heterocycles. The van der Waals surface area contributed by atoms with Crippen LogP contribution in [0.5, 0.6) is 0 Å². The standard InChI is InChI=1S/C80H74/c1-13-80(12,59-32-24-51(25-33-59)65-37-27-53-19-21-55-43-63(77(5,6)7)45-57-29-39-69(65)75(53)73(55)57)61-35-41-67-66-40-34-60(46-70(66)79(10,11)71(67)47-61)78(8,9)58-30-22-49(23-31-58)48-14-16-50(17-15-48)64-36-26-52-18-20-54-42-62(76(2,3)4)44-56-28-38-68(64)74(52)72(54)56/h14-37,39-43,45-47H,13,38,44H2,1-12H3. The van der Waals surface area contributed by atoms with E-state index >= 15 is 0 Å². The van der Waals surface area contributed by atoms with Gasteiger partial charge in [-0.3, -0.25) is 0 Å². The highest BCUT2D eigenvalue weighted by Gasteiger charge is 2.39. The smallest absolute Gasteiger partial charge is 0.0172 e. The summed E-state index contributed by atoms with van der Waals surface area (Å²) in [7, 11) is 0. The molecule has 1 atom stereocenters. The minimum Gasteiger partial charge on any atom is -0.0759 e. The minimum atomic E-state index is -0.191. The van der Waals surface area contributed by atoms with Gasteiger partial charge in [-0.05, 0) is 179 Å². The van der Waals surface area contributed by atoms with E-state index in [0.717, 1.165) is 19.3 Å². The molecule has 11 aromatic rings. The van der Waals surface area contributed by atoms with Crippen LogP contribution in [0.15, 0.2) is 194 Å². The first-order valence-corrected chi connectivity index (χ1v) is 29.5. The maximum absolute atomic E-state index is 2.55. The van der Waals surface area contributed by atoms with Crippen LogP contribution < -0.4 is 0 Å². The number of fused-ring (bicyclic) bond motifs is 3. The molecule has 0 heteroatoms. The molecule has 394 valence electrons. The topological polar surface area (TPSA) is 0 Å². The van der Waals surface area contributed by atoms with Crippen LogP contribution in [0.1, 0.15) is 152 Å². The molecule has 0 heterocycles. The van der Waals surface area contributed by atoms with Crippen LogP contribution in [0.2, 0.25) is 0 Å². The maximum Gasteiger partial charge on any atom is 0.0172 e. The van der Waals surface area contributed by atoms with E-state index in [1.807, 2.05) is 0 Å². The summed E-state index contributed by atoms with van der Waals surface area (Å²) in [6.07, 6.45) is 8.00. The Hall–Kier alpha value is -7.80. The van der Waals surface area contributed by atoms with Crippen molar-refractivity contribution in [3.05, 3.63) is 249 Å². The molecule has 14 rings (SSSR count). The van der Waals surface area contributed by atoms with Gasteiger partial charge in [-0.2, -0.15) is 0 Å². The molecular formula is C80H74. The van der Waals surface area contributed by atoms with Gasteiger partial charge in [0.1, 0.15) is 0 Å². The van der Waals surface area contributed by atoms with E-state index < -0.39 is 0 Å². The Morgan fingerprint density at radius 2 is 0.912 bits per heavy atom. The molecule has 0 saturated heterocycles. The third-order valence-electron chi connectivity index (χ3n) is 20.0. The van der Waals surface area contributed by atoms with Crippen molar-refractivity contribution < 1.29 is 0 Å². The van der Waals surface area contributed by atoms with E-state index in [-0.39, 0.29) is 27.1 Å². The Balaban J connectivity index is 0.711. The molecule has 0 saturated carbocycles. The van der Waals surface area contributed by atoms with Crippen molar-refractivity contribution in [2.75, 3.05) is 0 Å². The molecule has 0 spiro atoms. The Kier molecular flexibility index (Phi) is 11.1. The Morgan fingerprint density at radius 1 is 0.412 bits per heavy atom. The van der Waals surface area contributed by atoms with Crippen LogP contribution in [0.4, 0.5) is 0 Å². The largest absolute Gasteiger partial charge is 0.0759 e. The molecule has 11 aromatic carbocycles. The van der Waals surface area contributed by atoms with Gasteiger partial charge in [0.05, 0.1) is 0 Å². The summed E-state index contributed by atoms with van der Waals surface area (Å²) in [5.74, 6) is 0. The number of hydrogen-bond donors (Lipinski definition) is 0. The molecule has 0 nitrogen and oxygen atoms in total. The third kappa shape index (κ3) is 7.68. The Labute approximate surface area is 475 Å². The predicted octanol–water partition coefficient (Wildman–Crippen LogP) is 22.2. The molecule has 0 amide bonds. The summed E-state index contributed by atoms with van der Waals surface area (Å²) < 4.78 is 0. The zero-order valence-corrected chi connectivity index (χ0v) is 49.1. The molecule has 0 N–H and O–H groups in total. The van der Waals surface area contributed by atoms with E-state index in [1.165, 1.54) is 154 Å². The molecule has 0 bridgehead atoms. The number of allylic oxidation sites excluding steroid dienone is 3. The van der Waals surface area contributed by atoms with Crippen LogP contribution in [-0.2, 0) is 28.1 Å². The van der Waals surface area contributed by atoms with Gasteiger partial charge in [0, 0.05) is 16.2 Å². The average molecular weight is 1040 g/mol. The van der Waals surface area contributed by atoms with E-state index in [9.17, 15) is 0 Å². The van der Waals surface area contributed by atoms with Crippen LogP contribution in [0.3, 0.4) is 0 Å². The van der Waals surface area contributed by atoms with Crippen molar-refractivity contribution in [1.82, 2.24) is 0 Å². The lowest BCUT2D eigenvalue weighted by Gasteiger charge is -2.32. The van der Waals surface area contributed by atoms with Gasteiger partial charge in [0.2, 0.25) is 0 Å². The van der Waals surface area contributed by atoms with Gasteiger partial charge >= 0.3 is 0 Å². The van der Waals surface area contributed by atoms with Crippen molar-refractivity contribution in [2.45, 2.75) is 124 Å². The van der Waals surface area contributed by atoms with Gasteiger partial charge in [0.15, 0.2) is 0 Å². The predicted molar refractivity (Wildman–Crippen MR) is 346 cm³/mol. The highest BCUT2D eigenvalue weighted by atomic mass is 14.4. The van der Waals surface area contributed by atoms with Gasteiger partial charge in [0.25, 0.3) is 0 Å². The van der Waals surface area contributed by atoms with Gasteiger partial charge in [-0.15, -0.1) is 0 Å². The fourth-order valence-corrected chi connectivity index (χ4v) is 14.5. The summed E-state index contributed by atoms with van der Waals surface area (Å²) in [6.45, 7) is 28.4. The molecule has 3 aliphatic rings. The first kappa shape index (κ1) is 50.4. The fourth-order valence-electron chi connectivity index (χ4n) is 14.5. The molecule has 0 aromatic heterocycles. The molecule has 3 aliphatic carbocycles. The average Bonchev–Trinajstić information content (AvgIpc) is 3.92. The fraction of sp³-hybridized carbons (Fsp3) is 0.250. The van der Waals surface area contributed by atoms with Crippen LogP contribution >= 0.6 is 0 Å². The number of benzene rings is 11. The monoisotopic (exact) mass is 1030 g/mol. The highest BCUT2D eigenvalue weighted by Crippen LogP contribution is 2.53. The Bertz CT molecular complexity index is 4400. The zero-order valence-electron chi connectivity index (χ0n) is 49.1. The molecule has 0 radical (unpaired) electrons. The Morgan fingerprint density at radius 3 is 1.56 bits per heavy atom. The second kappa shape index (κ2) is 17.6. The van der Waals surface area contributed by atoms with Gasteiger partial charge in [-0.25, -0.2) is 0 Å². The molecule has 0 fully saturated rings. The summed E-state index contributed by atoms with van der Waals surface area (Å²) in [4.78, 5) is 0. The lowest BCUT2D eigenvalue weighted by molar-refractivity contribution is 0.498. The third-order valence-corrected chi connectivity index (χ3v) is 20.0. The molecular weight excluding hydrogens is 961 g/mol. The molecule has 1 unspecified atom stereocenters. The van der Waals surface area contributed by atoms with Gasteiger partial charge in [-0.1, -0.05) is 283 Å². The van der Waals surface area contributed by atoms with Crippen molar-refractivity contribution in [1.29, 1.82) is 0 Å². The number of rotatable bonds is 8. The quantitative estimate of drug-likeness (QED) is 0.133. The minimum absolute atomic E-state index is 0.0929. The summed E-state index contributed by atoms with van der Waals surface area (Å²) in [5, 5.41) is 10.8. The summed E-state index contributed by atoms with van der Waals surface area (Å²) >= 11 is 0. The second-order valence-corrected chi connectivity index (χ2v) is 27.4. The van der Waals surface area contributed by atoms with Gasteiger partial charge < -0.3 is 0 Å². The van der Waals surface area contributed by atoms with E-state index in [4.69, 9.17) is 0 Å². The van der Waals surface area contributed by atoms with E-state index in [0.29, 0.717) is 0 Å². The normalized spacial score (nSPS) is 15.6. The van der Waals surface area contributed by atoms with Crippen LogP contribution in [0.25, 0.3) is 99.2 Å². The lowest BCUT2D eigenvalue weighted by Crippen LogP contribution is -2.24. The van der Waals surface area contributed by atoms with Crippen LogP contribution in [0, 0.1) is 5.41 Å². The maximum atomic E-state index is 2.55. The van der Waals surface area contributed by atoms with Crippen molar-refractivity contribution in [2.24, 2.45) is 5.41 Å². The van der Waals surface area contributed by atoms with Crippen LogP contribution in [-0.4, -0.2) is 0 Å². The summed E-state index contributed by atoms with van der Waals surface area (Å²) in [6, 6.07) is 71.0. The first-order chi connectivity index (χ1) is 38.2. The summed E-state index contributed by atoms with van der Waals surface area (Å²) in [5.41, 5.74) is 27.1. The van der Waals surface area contributed by atoms with E-state index in [1.54, 1.807) is 0 Å². The zero-order chi connectivity index (χ0) is 55.4. The highest BCUT2D eigenvalue weighted by molar-refractivity contribution is 6.25. The van der Waals surface area contributed by atoms with E-state index in [2.05, 4.69) is 277 Å². The van der Waals surface area contributed by atoms with Crippen molar-refractivity contribution in [3.63, 3.8) is 0 Å².